The van der Waals surface area contributed by atoms with E-state index in [9.17, 15) is 54.7 Å². The lowest BCUT2D eigenvalue weighted by molar-refractivity contribution is -0.150. The fourth-order valence-electron chi connectivity index (χ4n) is 13.7. The Kier molecular flexibility index (Phi) is 23.1. The number of likely N-dealkylation sites (N-methyl/N-ethyl adjacent to an activating group) is 2. The summed E-state index contributed by atoms with van der Waals surface area (Å²) in [4.78, 5) is 77.5. The second-order valence-electron chi connectivity index (χ2n) is 25.9. The number of rotatable bonds is 26. The number of hydrogen-bond acceptors (Lipinski definition) is 11. The summed E-state index contributed by atoms with van der Waals surface area (Å²) in [6.07, 6.45) is -4.28. The van der Waals surface area contributed by atoms with Crippen LogP contribution in [-0.2, 0) is 64.8 Å². The van der Waals surface area contributed by atoms with Gasteiger partial charge in [-0.2, -0.15) is 26.3 Å². The van der Waals surface area contributed by atoms with Crippen LogP contribution < -0.4 is 5.32 Å². The molecule has 10 rings (SSSR count). The van der Waals surface area contributed by atoms with Crippen molar-refractivity contribution in [2.45, 2.75) is 106 Å². The predicted octanol–water partition coefficient (Wildman–Crippen LogP) is 12.1. The first-order valence-corrected chi connectivity index (χ1v) is 33.0. The zero-order chi connectivity index (χ0) is 68.2. The molecule has 3 heterocycles. The Morgan fingerprint density at radius 1 is 0.656 bits per heavy atom. The van der Waals surface area contributed by atoms with E-state index in [2.05, 4.69) is 27.2 Å². The van der Waals surface area contributed by atoms with Crippen molar-refractivity contribution in [1.29, 1.82) is 0 Å². The van der Waals surface area contributed by atoms with Gasteiger partial charge in [0.05, 0.1) is 30.2 Å². The minimum Gasteiger partial charge on any atom is -0.462 e. The maximum atomic E-state index is 14.2. The Hall–Kier alpha value is -8.18. The smallest absolute Gasteiger partial charge is 0.416 e. The van der Waals surface area contributed by atoms with E-state index >= 15 is 0 Å². The van der Waals surface area contributed by atoms with Crippen LogP contribution in [0.5, 0.6) is 0 Å². The van der Waals surface area contributed by atoms with Gasteiger partial charge in [0.25, 0.3) is 11.8 Å². The summed E-state index contributed by atoms with van der Waals surface area (Å²) in [5, 5.41) is 3.39. The fourth-order valence-corrected chi connectivity index (χ4v) is 13.7. The van der Waals surface area contributed by atoms with E-state index in [1.807, 2.05) is 85.9 Å². The van der Waals surface area contributed by atoms with E-state index in [1.54, 1.807) is 40.9 Å². The number of alkyl halides is 6. The fraction of sp³-hybridized carbons (Fsp3) is 0.446. The van der Waals surface area contributed by atoms with Gasteiger partial charge in [-0.3, -0.25) is 24.0 Å². The number of likely N-dealkylation sites (tertiary alicyclic amines) is 2. The van der Waals surface area contributed by atoms with Crippen molar-refractivity contribution in [2.24, 2.45) is 0 Å². The molecule has 0 unspecified atom stereocenters. The topological polar surface area (TPSA) is 145 Å². The molecule has 4 aliphatic rings. The number of carbonyl (C=O) groups excluding carboxylic acids is 5. The lowest BCUT2D eigenvalue weighted by atomic mass is 9.72. The summed E-state index contributed by atoms with van der Waals surface area (Å²) in [7, 11) is 5.29. The Bertz CT molecular complexity index is 3600. The largest absolute Gasteiger partial charge is 0.462 e. The van der Waals surface area contributed by atoms with E-state index in [-0.39, 0.29) is 68.0 Å². The number of amides is 4. The first kappa shape index (κ1) is 70.6. The van der Waals surface area contributed by atoms with Gasteiger partial charge in [0, 0.05) is 102 Å². The van der Waals surface area contributed by atoms with Gasteiger partial charge in [0.1, 0.15) is 30.9 Å². The number of fused-ring (bicyclic) bond motifs is 2. The Balaban J connectivity index is 0.611. The predicted molar refractivity (Wildman–Crippen MR) is 350 cm³/mol. The highest BCUT2D eigenvalue weighted by Crippen LogP contribution is 2.48. The van der Waals surface area contributed by atoms with Crippen LogP contribution in [0.2, 0.25) is 0 Å². The Labute approximate surface area is 556 Å². The van der Waals surface area contributed by atoms with Gasteiger partial charge in [-0.15, -0.1) is 0 Å². The van der Waals surface area contributed by atoms with E-state index in [4.69, 9.17) is 14.2 Å². The molecule has 0 bridgehead atoms. The second kappa shape index (κ2) is 31.3. The first-order valence-electron chi connectivity index (χ1n) is 33.0. The van der Waals surface area contributed by atoms with Crippen LogP contribution in [0, 0.1) is 5.82 Å². The van der Waals surface area contributed by atoms with Gasteiger partial charge in [0.2, 0.25) is 11.8 Å². The number of unbranched alkanes of at least 4 members (excludes halogenated alkanes) is 1. The molecule has 1 spiro atoms. The van der Waals surface area contributed by atoms with Crippen molar-refractivity contribution in [3.8, 4) is 11.1 Å². The van der Waals surface area contributed by atoms with Crippen LogP contribution in [0.15, 0.2) is 146 Å². The summed E-state index contributed by atoms with van der Waals surface area (Å²) >= 11 is 0. The molecule has 96 heavy (non-hydrogen) atoms. The molecule has 4 amide bonds. The number of ether oxygens (including phenoxy) is 3. The van der Waals surface area contributed by atoms with Gasteiger partial charge in [0.15, 0.2) is 0 Å². The van der Waals surface area contributed by atoms with Crippen LogP contribution in [0.1, 0.15) is 112 Å². The molecule has 1 N–H and O–H groups in total. The van der Waals surface area contributed by atoms with Crippen molar-refractivity contribution in [3.05, 3.63) is 196 Å². The van der Waals surface area contributed by atoms with Gasteiger partial charge in [-0.05, 0) is 159 Å². The number of nitrogens with one attached hydrogen (secondary N) is 1. The molecule has 3 fully saturated rings. The Morgan fingerprint density at radius 2 is 1.29 bits per heavy atom. The summed E-state index contributed by atoms with van der Waals surface area (Å²) in [5.41, 5.74) is 1.56. The summed E-state index contributed by atoms with van der Waals surface area (Å²) in [6.45, 7) is 5.29. The minimum atomic E-state index is -5.15. The van der Waals surface area contributed by atoms with E-state index in [1.165, 1.54) is 24.3 Å². The van der Waals surface area contributed by atoms with Gasteiger partial charge in [-0.1, -0.05) is 91.0 Å². The molecule has 0 saturated carbocycles. The standard InChI is InChI=1S/C74H84F7N7O8/c1-83(35-13-36-85(3)69(92)53-21-27-61(28-22-53)82-34-12-11-20-66(89)84(2)42-43-86-37-29-62(30-38-86)96-68(91)47-54-16-7-9-18-63(54)52-14-5-4-6-15-52)67(90)49-94-65-46-55-17-8-10-19-64(55)71(65)31-39-87(40-32-71)41-33-72(57-23-25-60(75)26-24-57)50-88(51-95-72)70(93)56-44-58(73(76,77)78)48-59(45-56)74(79,80)81/h4-10,14-19,21-28,44-45,48,62,65,82H,11-13,20,29-43,46-47,49-51H2,1-3H3/t65-,72-/m0/s1. The van der Waals surface area contributed by atoms with E-state index < -0.39 is 58.5 Å². The highest BCUT2D eigenvalue weighted by atomic mass is 19.4. The molecule has 3 saturated heterocycles. The molecular formula is C74H84F7N7O8. The van der Waals surface area contributed by atoms with E-state index in [0.29, 0.717) is 101 Å². The molecular weight excluding hydrogens is 1250 g/mol. The third-order valence-electron chi connectivity index (χ3n) is 19.5. The zero-order valence-corrected chi connectivity index (χ0v) is 54.6. The molecule has 3 aliphatic heterocycles. The maximum Gasteiger partial charge on any atom is 0.416 e. The van der Waals surface area contributed by atoms with Gasteiger partial charge >= 0.3 is 18.3 Å². The molecule has 1 aliphatic carbocycles. The van der Waals surface area contributed by atoms with Crippen molar-refractivity contribution in [2.75, 3.05) is 112 Å². The summed E-state index contributed by atoms with van der Waals surface area (Å²) in [5.74, 6) is -2.07. The lowest BCUT2D eigenvalue weighted by Crippen LogP contribution is -2.50. The molecule has 0 radical (unpaired) electrons. The highest BCUT2D eigenvalue weighted by molar-refractivity contribution is 5.95. The molecule has 2 atom stereocenters. The molecule has 512 valence electrons. The number of nitrogens with zero attached hydrogens (tertiary/aromatic N) is 6. The number of piperidine rings is 2. The molecule has 6 aromatic rings. The quantitative estimate of drug-likeness (QED) is 0.0315. The molecule has 0 aromatic heterocycles. The highest BCUT2D eigenvalue weighted by Gasteiger charge is 2.50. The van der Waals surface area contributed by atoms with Crippen LogP contribution in [0.3, 0.4) is 0 Å². The lowest BCUT2D eigenvalue weighted by Gasteiger charge is -2.44. The van der Waals surface area contributed by atoms with Crippen LogP contribution in [-0.4, -0.2) is 178 Å². The van der Waals surface area contributed by atoms with Gasteiger partial charge in [-0.25, -0.2) is 4.39 Å². The maximum absolute atomic E-state index is 14.2. The first-order chi connectivity index (χ1) is 46.0. The van der Waals surface area contributed by atoms with Crippen molar-refractivity contribution < 1.29 is 68.9 Å². The molecule has 22 heteroatoms. The average Bonchev–Trinajstić information content (AvgIpc) is 1.58. The number of hydrogen-bond donors (Lipinski definition) is 1. The van der Waals surface area contributed by atoms with E-state index in [0.717, 1.165) is 83.7 Å². The molecule has 6 aromatic carbocycles. The Morgan fingerprint density at radius 3 is 1.99 bits per heavy atom. The number of halogens is 7. The minimum absolute atomic E-state index is 0.0287. The molecule has 15 nitrogen and oxygen atoms in total. The second-order valence-corrected chi connectivity index (χ2v) is 25.9. The van der Waals surface area contributed by atoms with Gasteiger partial charge < -0.3 is 48.9 Å². The normalized spacial score (nSPS) is 18.3. The monoisotopic (exact) mass is 1330 g/mol. The van der Waals surface area contributed by atoms with Crippen molar-refractivity contribution in [3.63, 3.8) is 0 Å². The SMILES string of the molecule is CN(CCN1CCC(OC(=O)Cc2ccccc2-c2ccccc2)CC1)C(=O)CCCCNc1ccc(C(=O)N(C)CCCN(C)C(=O)CO[C@H]2Cc3ccccc3C23CCN(CC[C@@]2(c4ccc(F)cc4)CN(C(=O)c4cc(C(F)(F)F)cc(C(F)(F)F)c4)CO2)CC3)cc1. The number of benzene rings is 6. The van der Waals surface area contributed by atoms with Crippen molar-refractivity contribution in [1.82, 2.24) is 29.4 Å². The zero-order valence-electron chi connectivity index (χ0n) is 54.6. The summed E-state index contributed by atoms with van der Waals surface area (Å²) < 4.78 is 116. The van der Waals surface area contributed by atoms with Crippen molar-refractivity contribution >= 4 is 35.3 Å². The number of esters is 1. The van der Waals surface area contributed by atoms with Crippen LogP contribution in [0.25, 0.3) is 11.1 Å². The van der Waals surface area contributed by atoms with Crippen LogP contribution in [0.4, 0.5) is 36.4 Å². The number of anilines is 1. The third kappa shape index (κ3) is 17.7. The third-order valence-corrected chi connectivity index (χ3v) is 19.5. The summed E-state index contributed by atoms with van der Waals surface area (Å²) in [6, 6.07) is 39.6. The van der Waals surface area contributed by atoms with Crippen LogP contribution >= 0.6 is 0 Å². The number of carbonyl (C=O) groups is 5. The average molecular weight is 1330 g/mol.